The summed E-state index contributed by atoms with van der Waals surface area (Å²) in [6, 6.07) is 17.3. The summed E-state index contributed by atoms with van der Waals surface area (Å²) in [5.74, 6) is 1.45. The first-order valence-corrected chi connectivity index (χ1v) is 8.43. The van der Waals surface area contributed by atoms with Gasteiger partial charge in [-0.3, -0.25) is 0 Å². The standard InChI is InChI=1S/C17H15N5OS/c1-2-23-16-6-4-3-5-15(16)22-17(19-20-21-22)24-12-14-9-7-13(11-18)8-10-14/h3-10H,2,12H2,1H3. The number of hydrogen-bond donors (Lipinski definition) is 0. The highest BCUT2D eigenvalue weighted by Crippen LogP contribution is 2.27. The highest BCUT2D eigenvalue weighted by molar-refractivity contribution is 7.98. The molecule has 2 aromatic carbocycles. The summed E-state index contributed by atoms with van der Waals surface area (Å²) in [5.41, 5.74) is 2.57. The molecule has 0 atom stereocenters. The number of ether oxygens (including phenoxy) is 1. The van der Waals surface area contributed by atoms with E-state index in [0.717, 1.165) is 17.0 Å². The topological polar surface area (TPSA) is 76.6 Å². The zero-order chi connectivity index (χ0) is 16.8. The number of para-hydroxylation sites is 2. The molecule has 0 fully saturated rings. The zero-order valence-corrected chi connectivity index (χ0v) is 13.9. The van der Waals surface area contributed by atoms with Crippen molar-refractivity contribution in [1.82, 2.24) is 20.2 Å². The van der Waals surface area contributed by atoms with Crippen molar-refractivity contribution in [3.63, 3.8) is 0 Å². The van der Waals surface area contributed by atoms with Crippen molar-refractivity contribution in [2.24, 2.45) is 0 Å². The summed E-state index contributed by atoms with van der Waals surface area (Å²) >= 11 is 1.53. The van der Waals surface area contributed by atoms with Crippen molar-refractivity contribution in [3.05, 3.63) is 59.7 Å². The average Bonchev–Trinajstić information content (AvgIpc) is 3.09. The van der Waals surface area contributed by atoms with Gasteiger partial charge in [-0.1, -0.05) is 36.0 Å². The Balaban J connectivity index is 1.79. The number of hydrogen-bond acceptors (Lipinski definition) is 6. The average molecular weight is 337 g/mol. The van der Waals surface area contributed by atoms with Gasteiger partial charge in [0.2, 0.25) is 5.16 Å². The van der Waals surface area contributed by atoms with E-state index in [-0.39, 0.29) is 0 Å². The van der Waals surface area contributed by atoms with Crippen molar-refractivity contribution in [2.75, 3.05) is 6.61 Å². The summed E-state index contributed by atoms with van der Waals surface area (Å²) in [6.45, 7) is 2.52. The number of thioether (sulfide) groups is 1. The molecule has 0 aliphatic rings. The van der Waals surface area contributed by atoms with Gasteiger partial charge in [-0.05, 0) is 47.2 Å². The number of rotatable bonds is 6. The van der Waals surface area contributed by atoms with Crippen molar-refractivity contribution in [3.8, 4) is 17.5 Å². The molecule has 7 heteroatoms. The smallest absolute Gasteiger partial charge is 0.214 e. The quantitative estimate of drug-likeness (QED) is 0.643. The minimum absolute atomic E-state index is 0.576. The highest BCUT2D eigenvalue weighted by Gasteiger charge is 2.13. The van der Waals surface area contributed by atoms with E-state index in [9.17, 15) is 0 Å². The van der Waals surface area contributed by atoms with Gasteiger partial charge in [0.1, 0.15) is 11.4 Å². The second-order valence-electron chi connectivity index (χ2n) is 4.87. The SMILES string of the molecule is CCOc1ccccc1-n1nnnc1SCc1ccc(C#N)cc1. The molecule has 3 rings (SSSR count). The first-order chi connectivity index (χ1) is 11.8. The predicted molar refractivity (Wildman–Crippen MR) is 91.0 cm³/mol. The second kappa shape index (κ2) is 7.62. The van der Waals surface area contributed by atoms with Crippen LogP contribution < -0.4 is 4.74 Å². The molecule has 0 aliphatic carbocycles. The lowest BCUT2D eigenvalue weighted by atomic mass is 10.2. The van der Waals surface area contributed by atoms with Gasteiger partial charge < -0.3 is 4.74 Å². The molecular weight excluding hydrogens is 322 g/mol. The third kappa shape index (κ3) is 3.55. The fraction of sp³-hybridized carbons (Fsp3) is 0.176. The van der Waals surface area contributed by atoms with E-state index < -0.39 is 0 Å². The second-order valence-corrected chi connectivity index (χ2v) is 5.81. The first kappa shape index (κ1) is 16.0. The molecule has 24 heavy (non-hydrogen) atoms. The minimum Gasteiger partial charge on any atom is -0.492 e. The van der Waals surface area contributed by atoms with Crippen LogP contribution in [0.5, 0.6) is 5.75 Å². The molecule has 6 nitrogen and oxygen atoms in total. The molecule has 0 radical (unpaired) electrons. The molecule has 1 aromatic heterocycles. The molecular formula is C17H15N5OS. The summed E-state index contributed by atoms with van der Waals surface area (Å²) in [7, 11) is 0. The molecule has 120 valence electrons. The largest absolute Gasteiger partial charge is 0.492 e. The van der Waals surface area contributed by atoms with Crippen molar-refractivity contribution in [1.29, 1.82) is 5.26 Å². The number of benzene rings is 2. The molecule has 0 N–H and O–H groups in total. The van der Waals surface area contributed by atoms with Crippen LogP contribution in [0.3, 0.4) is 0 Å². The van der Waals surface area contributed by atoms with Gasteiger partial charge in [0.15, 0.2) is 0 Å². The zero-order valence-electron chi connectivity index (χ0n) is 13.1. The summed E-state index contributed by atoms with van der Waals surface area (Å²) in [6.07, 6.45) is 0. The predicted octanol–water partition coefficient (Wildman–Crippen LogP) is 3.22. The molecule has 0 spiro atoms. The van der Waals surface area contributed by atoms with E-state index in [4.69, 9.17) is 10.00 Å². The molecule has 0 saturated heterocycles. The van der Waals surface area contributed by atoms with Gasteiger partial charge in [0, 0.05) is 5.75 Å². The van der Waals surface area contributed by atoms with Crippen molar-refractivity contribution >= 4 is 11.8 Å². The van der Waals surface area contributed by atoms with Crippen LogP contribution in [0, 0.1) is 11.3 Å². The number of tetrazole rings is 1. The first-order valence-electron chi connectivity index (χ1n) is 7.44. The maximum Gasteiger partial charge on any atom is 0.214 e. The van der Waals surface area contributed by atoms with Crippen LogP contribution in [0.15, 0.2) is 53.7 Å². The highest BCUT2D eigenvalue weighted by atomic mass is 32.2. The summed E-state index contributed by atoms with van der Waals surface area (Å²) in [4.78, 5) is 0. The lowest BCUT2D eigenvalue weighted by Crippen LogP contribution is -2.03. The normalized spacial score (nSPS) is 10.3. The van der Waals surface area contributed by atoms with Crippen LogP contribution in [-0.4, -0.2) is 26.8 Å². The Labute approximate surface area is 144 Å². The molecule has 1 heterocycles. The third-order valence-electron chi connectivity index (χ3n) is 3.29. The van der Waals surface area contributed by atoms with Crippen LogP contribution in [0.2, 0.25) is 0 Å². The molecule has 3 aromatic rings. The maximum absolute atomic E-state index is 8.84. The van der Waals surface area contributed by atoms with Gasteiger partial charge in [-0.25, -0.2) is 0 Å². The molecule has 0 aliphatic heterocycles. The molecule has 0 saturated carbocycles. The fourth-order valence-electron chi connectivity index (χ4n) is 2.15. The third-order valence-corrected chi connectivity index (χ3v) is 4.28. The van der Waals surface area contributed by atoms with Crippen molar-refractivity contribution < 1.29 is 4.74 Å². The van der Waals surface area contributed by atoms with E-state index in [1.54, 1.807) is 4.68 Å². The Morgan fingerprint density at radius 1 is 1.17 bits per heavy atom. The lowest BCUT2D eigenvalue weighted by molar-refractivity contribution is 0.337. The van der Waals surface area contributed by atoms with Gasteiger partial charge in [-0.15, -0.1) is 5.10 Å². The fourth-order valence-corrected chi connectivity index (χ4v) is 2.99. The Hall–Kier alpha value is -2.85. The van der Waals surface area contributed by atoms with Gasteiger partial charge in [0.25, 0.3) is 0 Å². The van der Waals surface area contributed by atoms with E-state index in [2.05, 4.69) is 21.6 Å². The monoisotopic (exact) mass is 337 g/mol. The number of nitrogens with zero attached hydrogens (tertiary/aromatic N) is 5. The molecule has 0 unspecified atom stereocenters. The molecule has 0 bridgehead atoms. The van der Waals surface area contributed by atoms with Crippen molar-refractivity contribution in [2.45, 2.75) is 17.8 Å². The Bertz CT molecular complexity index is 854. The number of aromatic nitrogens is 4. The minimum atomic E-state index is 0.576. The van der Waals surface area contributed by atoms with Gasteiger partial charge >= 0.3 is 0 Å². The maximum atomic E-state index is 8.84. The Kier molecular flexibility index (Phi) is 5.08. The van der Waals surface area contributed by atoms with Crippen LogP contribution in [0.25, 0.3) is 5.69 Å². The molecule has 0 amide bonds. The van der Waals surface area contributed by atoms with E-state index in [1.807, 2.05) is 55.5 Å². The van der Waals surface area contributed by atoms with Gasteiger partial charge in [0.05, 0.1) is 18.2 Å². The van der Waals surface area contributed by atoms with E-state index in [0.29, 0.717) is 23.1 Å². The van der Waals surface area contributed by atoms with E-state index >= 15 is 0 Å². The van der Waals surface area contributed by atoms with Gasteiger partial charge in [-0.2, -0.15) is 9.94 Å². The Morgan fingerprint density at radius 2 is 1.96 bits per heavy atom. The van der Waals surface area contributed by atoms with Crippen LogP contribution in [0.4, 0.5) is 0 Å². The summed E-state index contributed by atoms with van der Waals surface area (Å²) in [5, 5.41) is 21.5. The van der Waals surface area contributed by atoms with Crippen LogP contribution >= 0.6 is 11.8 Å². The summed E-state index contributed by atoms with van der Waals surface area (Å²) < 4.78 is 7.33. The van der Waals surface area contributed by atoms with Crippen LogP contribution in [-0.2, 0) is 5.75 Å². The van der Waals surface area contributed by atoms with Crippen LogP contribution in [0.1, 0.15) is 18.1 Å². The lowest BCUT2D eigenvalue weighted by Gasteiger charge is -2.10. The number of nitriles is 1. The van der Waals surface area contributed by atoms with E-state index in [1.165, 1.54) is 11.8 Å². The Morgan fingerprint density at radius 3 is 2.71 bits per heavy atom.